The van der Waals surface area contributed by atoms with Gasteiger partial charge in [-0.15, -0.1) is 0 Å². The Kier molecular flexibility index (Phi) is 4.85. The van der Waals surface area contributed by atoms with E-state index in [9.17, 15) is 0 Å². The van der Waals surface area contributed by atoms with Crippen LogP contribution in [0.4, 0.5) is 11.5 Å². The molecule has 4 heteroatoms. The fourth-order valence-corrected chi connectivity index (χ4v) is 2.09. The van der Waals surface area contributed by atoms with Gasteiger partial charge in [0.2, 0.25) is 0 Å². The van der Waals surface area contributed by atoms with Gasteiger partial charge in [0.15, 0.2) is 0 Å². The molecule has 0 saturated carbocycles. The van der Waals surface area contributed by atoms with Gasteiger partial charge in [0.1, 0.15) is 5.82 Å². The minimum Gasteiger partial charge on any atom is -0.394 e. The Morgan fingerprint density at radius 1 is 1.35 bits per heavy atom. The van der Waals surface area contributed by atoms with Crippen LogP contribution in [0.2, 0.25) is 0 Å². The summed E-state index contributed by atoms with van der Waals surface area (Å²) in [4.78, 5) is 2.33. The molecular weight excluding hydrogens is 212 g/mol. The van der Waals surface area contributed by atoms with Crippen LogP contribution in [0.1, 0.15) is 39.8 Å². The van der Waals surface area contributed by atoms with Crippen LogP contribution in [0.3, 0.4) is 0 Å². The van der Waals surface area contributed by atoms with Gasteiger partial charge in [-0.1, -0.05) is 27.2 Å². The Labute approximate surface area is 105 Å². The Bertz CT molecular complexity index is 357. The molecule has 0 aromatic carbocycles. The van der Waals surface area contributed by atoms with Crippen molar-refractivity contribution in [2.75, 3.05) is 23.7 Å². The van der Waals surface area contributed by atoms with Gasteiger partial charge in [-0.25, -0.2) is 0 Å². The largest absolute Gasteiger partial charge is 0.394 e. The smallest absolute Gasteiger partial charge is 0.150 e. The molecule has 98 valence electrons. The van der Waals surface area contributed by atoms with E-state index < -0.39 is 0 Å². The highest BCUT2D eigenvalue weighted by molar-refractivity contribution is 5.66. The second kappa shape index (κ2) is 5.94. The molecule has 0 aliphatic carbocycles. The van der Waals surface area contributed by atoms with E-state index in [2.05, 4.69) is 37.7 Å². The Morgan fingerprint density at radius 2 is 2.00 bits per heavy atom. The van der Waals surface area contributed by atoms with E-state index in [1.165, 1.54) is 6.42 Å². The molecule has 0 saturated heterocycles. The molecule has 0 fully saturated rings. The summed E-state index contributed by atoms with van der Waals surface area (Å²) >= 11 is 0. The Morgan fingerprint density at radius 3 is 2.41 bits per heavy atom. The molecule has 1 atom stereocenters. The first kappa shape index (κ1) is 13.9. The molecule has 0 spiro atoms. The highest BCUT2D eigenvalue weighted by Gasteiger charge is 2.18. The molecule has 0 radical (unpaired) electrons. The second-order valence-corrected chi connectivity index (χ2v) is 4.71. The van der Waals surface area contributed by atoms with Crippen molar-refractivity contribution in [1.29, 1.82) is 0 Å². The molecule has 1 rings (SSSR count). The zero-order valence-corrected chi connectivity index (χ0v) is 11.8. The summed E-state index contributed by atoms with van der Waals surface area (Å²) in [7, 11) is 1.98. The van der Waals surface area contributed by atoms with Crippen LogP contribution >= 0.6 is 0 Å². The van der Waals surface area contributed by atoms with Crippen molar-refractivity contribution in [3.63, 3.8) is 0 Å². The number of anilines is 2. The van der Waals surface area contributed by atoms with Crippen LogP contribution in [-0.2, 0) is 13.5 Å². The minimum absolute atomic E-state index is 0.675. The predicted molar refractivity (Wildman–Crippen MR) is 74.3 cm³/mol. The van der Waals surface area contributed by atoms with Crippen molar-refractivity contribution in [3.05, 3.63) is 5.69 Å². The van der Waals surface area contributed by atoms with E-state index in [1.807, 2.05) is 11.7 Å². The molecule has 1 unspecified atom stereocenters. The lowest BCUT2D eigenvalue weighted by Gasteiger charge is -2.26. The standard InChI is InChI=1S/C13H26N4/c1-6-10(4)9-17(8-3)13-12(14)11(7-2)15-16(13)5/h10H,6-9,14H2,1-5H3. The Balaban J connectivity index is 2.99. The van der Waals surface area contributed by atoms with Gasteiger partial charge in [0.05, 0.1) is 11.4 Å². The normalized spacial score (nSPS) is 12.8. The Hall–Kier alpha value is -1.19. The number of hydrogen-bond acceptors (Lipinski definition) is 3. The van der Waals surface area contributed by atoms with Gasteiger partial charge in [-0.05, 0) is 19.3 Å². The van der Waals surface area contributed by atoms with Crippen LogP contribution in [0.25, 0.3) is 0 Å². The van der Waals surface area contributed by atoms with Crippen LogP contribution in [0.15, 0.2) is 0 Å². The number of nitrogen functional groups attached to an aromatic ring is 1. The summed E-state index contributed by atoms with van der Waals surface area (Å²) in [5.74, 6) is 1.75. The lowest BCUT2D eigenvalue weighted by Crippen LogP contribution is -2.30. The van der Waals surface area contributed by atoms with E-state index in [4.69, 9.17) is 5.73 Å². The first-order valence-corrected chi connectivity index (χ1v) is 6.61. The highest BCUT2D eigenvalue weighted by atomic mass is 15.4. The van der Waals surface area contributed by atoms with Crippen LogP contribution < -0.4 is 10.6 Å². The molecule has 1 heterocycles. The summed E-state index contributed by atoms with van der Waals surface area (Å²) in [5, 5.41) is 4.48. The molecule has 1 aromatic rings. The summed E-state index contributed by atoms with van der Waals surface area (Å²) in [5.41, 5.74) is 8.04. The average molecular weight is 238 g/mol. The fourth-order valence-electron chi connectivity index (χ4n) is 2.09. The van der Waals surface area contributed by atoms with Gasteiger partial charge in [0, 0.05) is 20.1 Å². The first-order valence-electron chi connectivity index (χ1n) is 6.61. The van der Waals surface area contributed by atoms with Crippen molar-refractivity contribution in [2.24, 2.45) is 13.0 Å². The van der Waals surface area contributed by atoms with E-state index in [0.29, 0.717) is 5.92 Å². The lowest BCUT2D eigenvalue weighted by molar-refractivity contribution is 0.539. The first-order chi connectivity index (χ1) is 8.04. The lowest BCUT2D eigenvalue weighted by atomic mass is 10.1. The van der Waals surface area contributed by atoms with Gasteiger partial charge >= 0.3 is 0 Å². The molecule has 4 nitrogen and oxygen atoms in total. The van der Waals surface area contributed by atoms with E-state index in [-0.39, 0.29) is 0 Å². The molecule has 0 aliphatic rings. The number of rotatable bonds is 6. The van der Waals surface area contributed by atoms with E-state index >= 15 is 0 Å². The topological polar surface area (TPSA) is 47.1 Å². The predicted octanol–water partition coefficient (Wildman–Crippen LogP) is 2.44. The molecule has 17 heavy (non-hydrogen) atoms. The molecule has 0 amide bonds. The van der Waals surface area contributed by atoms with Crippen molar-refractivity contribution in [1.82, 2.24) is 9.78 Å². The van der Waals surface area contributed by atoms with Crippen molar-refractivity contribution >= 4 is 11.5 Å². The minimum atomic E-state index is 0.675. The third-order valence-corrected chi connectivity index (χ3v) is 3.37. The van der Waals surface area contributed by atoms with E-state index in [0.717, 1.165) is 36.7 Å². The van der Waals surface area contributed by atoms with Gasteiger partial charge < -0.3 is 10.6 Å². The van der Waals surface area contributed by atoms with Crippen LogP contribution in [-0.4, -0.2) is 22.9 Å². The van der Waals surface area contributed by atoms with Crippen LogP contribution in [0.5, 0.6) is 0 Å². The number of nitrogens with two attached hydrogens (primary N) is 1. The fraction of sp³-hybridized carbons (Fsp3) is 0.769. The second-order valence-electron chi connectivity index (χ2n) is 4.71. The van der Waals surface area contributed by atoms with Crippen LogP contribution in [0, 0.1) is 5.92 Å². The van der Waals surface area contributed by atoms with Crippen molar-refractivity contribution < 1.29 is 0 Å². The van der Waals surface area contributed by atoms with Gasteiger partial charge in [-0.2, -0.15) is 5.10 Å². The SMILES string of the molecule is CCc1nn(C)c(N(CC)CC(C)CC)c1N. The third kappa shape index (κ3) is 2.93. The maximum atomic E-state index is 6.18. The summed E-state index contributed by atoms with van der Waals surface area (Å²) in [6.45, 7) is 10.8. The average Bonchev–Trinajstić information content (AvgIpc) is 2.61. The third-order valence-electron chi connectivity index (χ3n) is 3.37. The highest BCUT2D eigenvalue weighted by Crippen LogP contribution is 2.27. The maximum Gasteiger partial charge on any atom is 0.150 e. The molecular formula is C13H26N4. The monoisotopic (exact) mass is 238 g/mol. The van der Waals surface area contributed by atoms with E-state index in [1.54, 1.807) is 0 Å². The summed E-state index contributed by atoms with van der Waals surface area (Å²) < 4.78 is 1.92. The zero-order valence-electron chi connectivity index (χ0n) is 11.8. The molecule has 2 N–H and O–H groups in total. The van der Waals surface area contributed by atoms with Crippen molar-refractivity contribution in [3.8, 4) is 0 Å². The quantitative estimate of drug-likeness (QED) is 0.828. The van der Waals surface area contributed by atoms with Crippen molar-refractivity contribution in [2.45, 2.75) is 40.5 Å². The summed E-state index contributed by atoms with van der Waals surface area (Å²) in [6, 6.07) is 0. The number of aryl methyl sites for hydroxylation is 2. The number of nitrogens with zero attached hydrogens (tertiary/aromatic N) is 3. The zero-order chi connectivity index (χ0) is 13.0. The van der Waals surface area contributed by atoms with Gasteiger partial charge in [0.25, 0.3) is 0 Å². The number of hydrogen-bond donors (Lipinski definition) is 1. The molecule has 0 bridgehead atoms. The van der Waals surface area contributed by atoms with Gasteiger partial charge in [-0.3, -0.25) is 4.68 Å². The molecule has 0 aliphatic heterocycles. The molecule has 1 aromatic heterocycles. The number of aromatic nitrogens is 2. The summed E-state index contributed by atoms with van der Waals surface area (Å²) in [6.07, 6.45) is 2.08. The maximum absolute atomic E-state index is 6.18.